The lowest BCUT2D eigenvalue weighted by Gasteiger charge is -2.32. The molecule has 0 fully saturated rings. The quantitative estimate of drug-likeness (QED) is 0.828. The van der Waals surface area contributed by atoms with Crippen LogP contribution in [0.25, 0.3) is 0 Å². The summed E-state index contributed by atoms with van der Waals surface area (Å²) in [7, 11) is 2.06. The van der Waals surface area contributed by atoms with E-state index in [1.165, 1.54) is 11.1 Å². The Morgan fingerprint density at radius 2 is 2.29 bits per heavy atom. The monoisotopic (exact) mass is 255 g/mol. The predicted octanol–water partition coefficient (Wildman–Crippen LogP) is 1.80. The van der Waals surface area contributed by atoms with Gasteiger partial charge in [-0.2, -0.15) is 0 Å². The van der Waals surface area contributed by atoms with E-state index in [4.69, 9.17) is 0 Å². The summed E-state index contributed by atoms with van der Waals surface area (Å²) in [6, 6.07) is 6.66. The molecule has 0 saturated heterocycles. The first-order chi connectivity index (χ1) is 6.70. The lowest BCUT2D eigenvalue weighted by molar-refractivity contribution is 0.131. The van der Waals surface area contributed by atoms with Crippen LogP contribution in [0.3, 0.4) is 0 Å². The zero-order valence-electron chi connectivity index (χ0n) is 8.20. The molecular weight excluding hydrogens is 242 g/mol. The normalized spacial score (nSPS) is 22.1. The van der Waals surface area contributed by atoms with Gasteiger partial charge in [0.25, 0.3) is 0 Å². The van der Waals surface area contributed by atoms with E-state index in [2.05, 4.69) is 46.1 Å². The van der Waals surface area contributed by atoms with Gasteiger partial charge in [0.1, 0.15) is 0 Å². The number of hydrogen-bond acceptors (Lipinski definition) is 2. The summed E-state index contributed by atoms with van der Waals surface area (Å²) in [6.07, 6.45) is 0.946. The average Bonchev–Trinajstić information content (AvgIpc) is 2.17. The van der Waals surface area contributed by atoms with Crippen molar-refractivity contribution in [3.63, 3.8) is 0 Å². The molecule has 2 rings (SSSR count). The van der Waals surface area contributed by atoms with Crippen LogP contribution in [-0.2, 0) is 13.0 Å². The van der Waals surface area contributed by atoms with Crippen molar-refractivity contribution in [3.05, 3.63) is 33.8 Å². The maximum atomic E-state index is 9.20. The minimum atomic E-state index is 0.239. The third-order valence-electron chi connectivity index (χ3n) is 2.88. The highest BCUT2D eigenvalue weighted by Gasteiger charge is 2.22. The number of hydrogen-bond donors (Lipinski definition) is 1. The Bertz CT molecular complexity index is 340. The molecule has 1 N–H and O–H groups in total. The van der Waals surface area contributed by atoms with E-state index in [0.717, 1.165) is 17.4 Å². The number of halogens is 1. The van der Waals surface area contributed by atoms with Gasteiger partial charge in [0, 0.05) is 17.1 Å². The SMILES string of the molecule is CN1Cc2ccc(Br)cc2C[C@H]1CO. The first kappa shape index (κ1) is 10.1. The molecule has 14 heavy (non-hydrogen) atoms. The van der Waals surface area contributed by atoms with Gasteiger partial charge in [-0.15, -0.1) is 0 Å². The Morgan fingerprint density at radius 1 is 1.50 bits per heavy atom. The molecule has 1 aliphatic rings. The second-order valence-electron chi connectivity index (χ2n) is 3.87. The summed E-state index contributed by atoms with van der Waals surface area (Å²) in [6.45, 7) is 1.18. The Morgan fingerprint density at radius 3 is 3.00 bits per heavy atom. The van der Waals surface area contributed by atoms with Crippen molar-refractivity contribution in [2.24, 2.45) is 0 Å². The molecule has 3 heteroatoms. The Hall–Kier alpha value is -0.380. The van der Waals surface area contributed by atoms with Gasteiger partial charge >= 0.3 is 0 Å². The maximum absolute atomic E-state index is 9.20. The second-order valence-corrected chi connectivity index (χ2v) is 4.78. The first-order valence-electron chi connectivity index (χ1n) is 4.79. The molecule has 76 valence electrons. The highest BCUT2D eigenvalue weighted by Crippen LogP contribution is 2.24. The van der Waals surface area contributed by atoms with Gasteiger partial charge in [-0.3, -0.25) is 4.90 Å². The van der Waals surface area contributed by atoms with Crippen LogP contribution < -0.4 is 0 Å². The van der Waals surface area contributed by atoms with E-state index in [9.17, 15) is 5.11 Å². The first-order valence-corrected chi connectivity index (χ1v) is 5.58. The summed E-state index contributed by atoms with van der Waals surface area (Å²) in [5, 5.41) is 9.20. The minimum Gasteiger partial charge on any atom is -0.395 e. The zero-order chi connectivity index (χ0) is 10.1. The molecule has 1 aliphatic heterocycles. The van der Waals surface area contributed by atoms with Crippen LogP contribution in [0.1, 0.15) is 11.1 Å². The van der Waals surface area contributed by atoms with Crippen LogP contribution in [0.5, 0.6) is 0 Å². The molecule has 0 radical (unpaired) electrons. The standard InChI is InChI=1S/C11H14BrNO/c1-13-6-8-2-3-10(12)4-9(8)5-11(13)7-14/h2-4,11,14H,5-7H2,1H3/t11-/m0/s1. The van der Waals surface area contributed by atoms with Gasteiger partial charge in [0.05, 0.1) is 6.61 Å². The van der Waals surface area contributed by atoms with E-state index < -0.39 is 0 Å². The van der Waals surface area contributed by atoms with Gasteiger partial charge in [-0.05, 0) is 36.7 Å². The summed E-state index contributed by atoms with van der Waals surface area (Å²) < 4.78 is 1.12. The summed E-state index contributed by atoms with van der Waals surface area (Å²) in [5.74, 6) is 0. The van der Waals surface area contributed by atoms with Crippen molar-refractivity contribution in [3.8, 4) is 0 Å². The summed E-state index contributed by atoms with van der Waals surface area (Å²) in [5.41, 5.74) is 2.73. The average molecular weight is 256 g/mol. The smallest absolute Gasteiger partial charge is 0.0590 e. The number of benzene rings is 1. The molecule has 0 aromatic heterocycles. The molecule has 0 aliphatic carbocycles. The van der Waals surface area contributed by atoms with Crippen LogP contribution >= 0.6 is 15.9 Å². The van der Waals surface area contributed by atoms with Crippen molar-refractivity contribution in [1.29, 1.82) is 0 Å². The van der Waals surface area contributed by atoms with Crippen molar-refractivity contribution in [1.82, 2.24) is 4.90 Å². The lowest BCUT2D eigenvalue weighted by Crippen LogP contribution is -2.39. The molecule has 1 aromatic rings. The van der Waals surface area contributed by atoms with E-state index in [1.54, 1.807) is 0 Å². The molecule has 2 nitrogen and oxygen atoms in total. The molecule has 0 unspecified atom stereocenters. The van der Waals surface area contributed by atoms with Gasteiger partial charge in [-0.25, -0.2) is 0 Å². The molecule has 0 bridgehead atoms. The minimum absolute atomic E-state index is 0.239. The van der Waals surface area contributed by atoms with Gasteiger partial charge in [0.15, 0.2) is 0 Å². The zero-order valence-corrected chi connectivity index (χ0v) is 9.79. The topological polar surface area (TPSA) is 23.5 Å². The Kier molecular flexibility index (Phi) is 2.91. The number of fused-ring (bicyclic) bond motifs is 1. The third kappa shape index (κ3) is 1.85. The van der Waals surface area contributed by atoms with Gasteiger partial charge < -0.3 is 5.11 Å². The van der Waals surface area contributed by atoms with Crippen molar-refractivity contribution < 1.29 is 5.11 Å². The molecule has 1 heterocycles. The summed E-state index contributed by atoms with van der Waals surface area (Å²) in [4.78, 5) is 2.20. The Labute approximate surface area is 92.7 Å². The highest BCUT2D eigenvalue weighted by atomic mass is 79.9. The van der Waals surface area contributed by atoms with E-state index in [1.807, 2.05) is 0 Å². The van der Waals surface area contributed by atoms with Crippen LogP contribution in [0.4, 0.5) is 0 Å². The van der Waals surface area contributed by atoms with Crippen LogP contribution in [0.15, 0.2) is 22.7 Å². The van der Waals surface area contributed by atoms with Crippen molar-refractivity contribution in [2.75, 3.05) is 13.7 Å². The predicted molar refractivity (Wildman–Crippen MR) is 60.2 cm³/mol. The van der Waals surface area contributed by atoms with E-state index >= 15 is 0 Å². The fraction of sp³-hybridized carbons (Fsp3) is 0.455. The number of aliphatic hydroxyl groups is 1. The third-order valence-corrected chi connectivity index (χ3v) is 3.37. The molecule has 0 spiro atoms. The number of rotatable bonds is 1. The number of likely N-dealkylation sites (N-methyl/N-ethyl adjacent to an activating group) is 1. The fourth-order valence-corrected chi connectivity index (χ4v) is 2.36. The molecule has 0 amide bonds. The molecule has 1 atom stereocenters. The second kappa shape index (κ2) is 4.01. The molecular formula is C11H14BrNO. The largest absolute Gasteiger partial charge is 0.395 e. The fourth-order valence-electron chi connectivity index (χ4n) is 1.95. The lowest BCUT2D eigenvalue weighted by atomic mass is 9.95. The molecule has 0 saturated carbocycles. The van der Waals surface area contributed by atoms with E-state index in [-0.39, 0.29) is 12.6 Å². The molecule has 1 aromatic carbocycles. The van der Waals surface area contributed by atoms with Crippen molar-refractivity contribution in [2.45, 2.75) is 19.0 Å². The number of nitrogens with zero attached hydrogens (tertiary/aromatic N) is 1. The van der Waals surface area contributed by atoms with Crippen molar-refractivity contribution >= 4 is 15.9 Å². The van der Waals surface area contributed by atoms with Crippen LogP contribution in [-0.4, -0.2) is 29.7 Å². The maximum Gasteiger partial charge on any atom is 0.0590 e. The van der Waals surface area contributed by atoms with E-state index in [0.29, 0.717) is 0 Å². The Balaban J connectivity index is 2.31. The van der Waals surface area contributed by atoms with Gasteiger partial charge in [0.2, 0.25) is 0 Å². The van der Waals surface area contributed by atoms with Crippen LogP contribution in [0.2, 0.25) is 0 Å². The summed E-state index contributed by atoms with van der Waals surface area (Å²) >= 11 is 3.47. The highest BCUT2D eigenvalue weighted by molar-refractivity contribution is 9.10. The number of aliphatic hydroxyl groups excluding tert-OH is 1. The van der Waals surface area contributed by atoms with Gasteiger partial charge in [-0.1, -0.05) is 22.0 Å². The van der Waals surface area contributed by atoms with Crippen LogP contribution in [0, 0.1) is 0 Å².